The first-order valence-corrected chi connectivity index (χ1v) is 12.2. The Morgan fingerprint density at radius 3 is 2.06 bits per heavy atom. The molecule has 7 rings (SSSR count). The van der Waals surface area contributed by atoms with E-state index in [1.807, 2.05) is 12.1 Å². The Labute approximate surface area is 209 Å². The van der Waals surface area contributed by atoms with Gasteiger partial charge in [0.25, 0.3) is 5.69 Å². The van der Waals surface area contributed by atoms with Crippen molar-refractivity contribution in [1.29, 1.82) is 0 Å². The van der Waals surface area contributed by atoms with Gasteiger partial charge in [0.2, 0.25) is 0 Å². The van der Waals surface area contributed by atoms with E-state index in [4.69, 9.17) is 5.10 Å². The molecular formula is C31H23N3O2. The van der Waals surface area contributed by atoms with Gasteiger partial charge in [0.15, 0.2) is 0 Å². The molecule has 0 unspecified atom stereocenters. The molecule has 0 radical (unpaired) electrons. The number of benzene rings is 4. The summed E-state index contributed by atoms with van der Waals surface area (Å²) in [5.41, 5.74) is 7.79. The van der Waals surface area contributed by atoms with Gasteiger partial charge in [0.05, 0.1) is 27.8 Å². The molecule has 2 aliphatic heterocycles. The third-order valence-electron chi connectivity index (χ3n) is 7.90. The van der Waals surface area contributed by atoms with Crippen LogP contribution in [0.5, 0.6) is 0 Å². The summed E-state index contributed by atoms with van der Waals surface area (Å²) in [4.78, 5) is 10.8. The lowest BCUT2D eigenvalue weighted by atomic mass is 9.60. The maximum absolute atomic E-state index is 11.2. The summed E-state index contributed by atoms with van der Waals surface area (Å²) in [5, 5.41) is 18.6. The molecular weight excluding hydrogens is 446 g/mol. The standard InChI is InChI=1S/C31H23N3O2/c35-34(36)24-17-15-21(16-18-24)29-25-19-20-27-30(25)33(32-29)28-14-8-7-13-26(28)31(27,22-9-3-1-4-10-22)23-11-5-2-6-12-23/h1-18,20,25,30H,19H2/t25-,30+/m0/s1. The van der Waals surface area contributed by atoms with E-state index < -0.39 is 5.41 Å². The number of nitro groups is 1. The second-order valence-electron chi connectivity index (χ2n) is 9.58. The van der Waals surface area contributed by atoms with Gasteiger partial charge in [-0.2, -0.15) is 5.10 Å². The van der Waals surface area contributed by atoms with Gasteiger partial charge < -0.3 is 0 Å². The number of nitrogens with zero attached hydrogens (tertiary/aromatic N) is 3. The third kappa shape index (κ3) is 2.74. The monoisotopic (exact) mass is 469 g/mol. The van der Waals surface area contributed by atoms with Crippen LogP contribution < -0.4 is 5.01 Å². The quantitative estimate of drug-likeness (QED) is 0.195. The van der Waals surface area contributed by atoms with Crippen molar-refractivity contribution in [2.75, 3.05) is 5.01 Å². The van der Waals surface area contributed by atoms with Crippen molar-refractivity contribution < 1.29 is 4.92 Å². The zero-order chi connectivity index (χ0) is 24.3. The molecule has 0 N–H and O–H groups in total. The van der Waals surface area contributed by atoms with Crippen molar-refractivity contribution in [2.24, 2.45) is 11.0 Å². The summed E-state index contributed by atoms with van der Waals surface area (Å²) in [6.45, 7) is 0. The summed E-state index contributed by atoms with van der Waals surface area (Å²) >= 11 is 0. The zero-order valence-electron chi connectivity index (χ0n) is 19.5. The topological polar surface area (TPSA) is 58.7 Å². The molecule has 2 atom stereocenters. The van der Waals surface area contributed by atoms with E-state index in [-0.39, 0.29) is 22.6 Å². The Balaban J connectivity index is 1.46. The molecule has 0 saturated carbocycles. The molecule has 5 heteroatoms. The highest BCUT2D eigenvalue weighted by Crippen LogP contribution is 2.59. The van der Waals surface area contributed by atoms with Crippen LogP contribution in [0.4, 0.5) is 11.4 Å². The summed E-state index contributed by atoms with van der Waals surface area (Å²) in [6, 6.07) is 37.1. The van der Waals surface area contributed by atoms with E-state index in [0.29, 0.717) is 0 Å². The van der Waals surface area contributed by atoms with Crippen LogP contribution >= 0.6 is 0 Å². The van der Waals surface area contributed by atoms with Crippen LogP contribution in [0.15, 0.2) is 126 Å². The smallest absolute Gasteiger partial charge is 0.258 e. The van der Waals surface area contributed by atoms with Crippen molar-refractivity contribution in [1.82, 2.24) is 0 Å². The second-order valence-corrected chi connectivity index (χ2v) is 9.58. The fourth-order valence-electron chi connectivity index (χ4n) is 6.47. The number of hydrazone groups is 1. The lowest BCUT2D eigenvalue weighted by Crippen LogP contribution is -2.47. The first-order valence-electron chi connectivity index (χ1n) is 12.2. The minimum absolute atomic E-state index is 0.0884. The predicted molar refractivity (Wildman–Crippen MR) is 141 cm³/mol. The molecule has 0 spiro atoms. The van der Waals surface area contributed by atoms with E-state index in [1.165, 1.54) is 22.3 Å². The molecule has 2 heterocycles. The Bertz CT molecular complexity index is 1500. The van der Waals surface area contributed by atoms with Crippen molar-refractivity contribution in [2.45, 2.75) is 17.9 Å². The van der Waals surface area contributed by atoms with Gasteiger partial charge in [-0.25, -0.2) is 0 Å². The minimum atomic E-state index is -0.421. The summed E-state index contributed by atoms with van der Waals surface area (Å²) in [6.07, 6.45) is 3.29. The number of fused-ring (bicyclic) bond motifs is 2. The molecule has 1 aliphatic carbocycles. The highest BCUT2D eigenvalue weighted by atomic mass is 16.6. The largest absolute Gasteiger partial charge is 0.269 e. The Kier molecular flexibility index (Phi) is 4.48. The highest BCUT2D eigenvalue weighted by Gasteiger charge is 2.56. The van der Waals surface area contributed by atoms with E-state index in [2.05, 4.69) is 96.0 Å². The summed E-state index contributed by atoms with van der Waals surface area (Å²) in [5.74, 6) is 0.182. The number of hydrogen-bond donors (Lipinski definition) is 0. The van der Waals surface area contributed by atoms with Gasteiger partial charge in [-0.1, -0.05) is 84.9 Å². The highest BCUT2D eigenvalue weighted by molar-refractivity contribution is 6.07. The van der Waals surface area contributed by atoms with E-state index in [9.17, 15) is 10.1 Å². The molecule has 0 amide bonds. The molecule has 4 aromatic carbocycles. The van der Waals surface area contributed by atoms with Crippen LogP contribution in [0.25, 0.3) is 0 Å². The van der Waals surface area contributed by atoms with Crippen molar-refractivity contribution >= 4 is 17.1 Å². The van der Waals surface area contributed by atoms with Crippen LogP contribution in [0.2, 0.25) is 0 Å². The summed E-state index contributed by atoms with van der Waals surface area (Å²) < 4.78 is 0. The fourth-order valence-corrected chi connectivity index (χ4v) is 6.47. The molecule has 3 aliphatic rings. The molecule has 174 valence electrons. The van der Waals surface area contributed by atoms with Gasteiger partial charge >= 0.3 is 0 Å². The number of nitro benzene ring substituents is 1. The molecule has 0 saturated heterocycles. The van der Waals surface area contributed by atoms with Crippen LogP contribution in [-0.4, -0.2) is 16.7 Å². The van der Waals surface area contributed by atoms with Crippen molar-refractivity contribution in [3.63, 3.8) is 0 Å². The van der Waals surface area contributed by atoms with E-state index in [1.54, 1.807) is 12.1 Å². The SMILES string of the molecule is O=[N+]([O-])c1ccc(C2=NN3c4ccccc4C(c4ccccc4)(c4ccccc4)C4=CC[C@@H]2[C@H]43)cc1. The van der Waals surface area contributed by atoms with Gasteiger partial charge in [-0.05, 0) is 52.4 Å². The average Bonchev–Trinajstić information content (AvgIpc) is 3.54. The lowest BCUT2D eigenvalue weighted by molar-refractivity contribution is -0.384. The second kappa shape index (κ2) is 7.75. The van der Waals surface area contributed by atoms with Gasteiger partial charge in [0.1, 0.15) is 0 Å². The number of para-hydroxylation sites is 1. The number of rotatable bonds is 4. The molecule has 5 nitrogen and oxygen atoms in total. The van der Waals surface area contributed by atoms with Crippen LogP contribution in [-0.2, 0) is 5.41 Å². The van der Waals surface area contributed by atoms with Crippen LogP contribution in [0.3, 0.4) is 0 Å². The molecule has 4 aromatic rings. The van der Waals surface area contributed by atoms with Gasteiger partial charge in [-0.3, -0.25) is 15.1 Å². The van der Waals surface area contributed by atoms with Crippen molar-refractivity contribution in [3.05, 3.63) is 153 Å². The van der Waals surface area contributed by atoms with E-state index >= 15 is 0 Å². The van der Waals surface area contributed by atoms with Crippen LogP contribution in [0, 0.1) is 16.0 Å². The van der Waals surface area contributed by atoms with Crippen molar-refractivity contribution in [3.8, 4) is 0 Å². The normalized spacial score (nSPS) is 20.8. The zero-order valence-corrected chi connectivity index (χ0v) is 19.5. The molecule has 0 bridgehead atoms. The van der Waals surface area contributed by atoms with Gasteiger partial charge in [0, 0.05) is 18.1 Å². The molecule has 0 aromatic heterocycles. The van der Waals surface area contributed by atoms with Crippen LogP contribution in [0.1, 0.15) is 28.7 Å². The number of allylic oxidation sites excluding steroid dienone is 1. The first-order chi connectivity index (χ1) is 17.7. The minimum Gasteiger partial charge on any atom is -0.258 e. The summed E-state index contributed by atoms with van der Waals surface area (Å²) in [7, 11) is 0. The Morgan fingerprint density at radius 2 is 1.42 bits per heavy atom. The van der Waals surface area contributed by atoms with Gasteiger partial charge in [-0.15, -0.1) is 0 Å². The first kappa shape index (κ1) is 20.8. The van der Waals surface area contributed by atoms with E-state index in [0.717, 1.165) is 23.4 Å². The predicted octanol–water partition coefficient (Wildman–Crippen LogP) is 6.48. The number of hydrogen-bond acceptors (Lipinski definition) is 4. The lowest BCUT2D eigenvalue weighted by Gasteiger charge is -2.47. The number of non-ortho nitro benzene ring substituents is 1. The maximum atomic E-state index is 11.2. The Hall–Kier alpha value is -4.51. The Morgan fingerprint density at radius 1 is 0.806 bits per heavy atom. The molecule has 0 fully saturated rings. The fraction of sp³-hybridized carbons (Fsp3) is 0.129. The average molecular weight is 470 g/mol. The third-order valence-corrected chi connectivity index (χ3v) is 7.90. The molecule has 36 heavy (non-hydrogen) atoms. The maximum Gasteiger partial charge on any atom is 0.269 e. The number of anilines is 1.